The largest absolute Gasteiger partial charge is 0.507 e. The Bertz CT molecular complexity index is 1170. The van der Waals surface area contributed by atoms with Crippen molar-refractivity contribution in [2.45, 2.75) is 32.4 Å². The van der Waals surface area contributed by atoms with E-state index < -0.39 is 17.7 Å². The Morgan fingerprint density at radius 1 is 1.09 bits per heavy atom. The van der Waals surface area contributed by atoms with Crippen molar-refractivity contribution in [3.05, 3.63) is 83.7 Å². The lowest BCUT2D eigenvalue weighted by Crippen LogP contribution is -2.31. The van der Waals surface area contributed by atoms with Gasteiger partial charge in [-0.15, -0.1) is 0 Å². The maximum absolute atomic E-state index is 13.1. The molecule has 1 saturated heterocycles. The normalized spacial score (nSPS) is 18.1. The molecule has 1 fully saturated rings. The van der Waals surface area contributed by atoms with Crippen LogP contribution in [0.3, 0.4) is 0 Å². The van der Waals surface area contributed by atoms with Gasteiger partial charge in [-0.25, -0.2) is 0 Å². The molecule has 0 saturated carbocycles. The SMILES string of the molecule is CC(C)OCCCN1C(=O)C(=O)/C(=C(\O)c2cccc3ccccc23)C1c1cccnc1. The number of fused-ring (bicyclic) bond motifs is 1. The van der Waals surface area contributed by atoms with Crippen LogP contribution >= 0.6 is 0 Å². The predicted octanol–water partition coefficient (Wildman–Crippen LogP) is 4.47. The molecular formula is C26H26N2O4. The highest BCUT2D eigenvalue weighted by Gasteiger charge is 2.46. The van der Waals surface area contributed by atoms with Gasteiger partial charge >= 0.3 is 0 Å². The van der Waals surface area contributed by atoms with E-state index in [1.54, 1.807) is 24.5 Å². The van der Waals surface area contributed by atoms with Crippen molar-refractivity contribution in [2.75, 3.05) is 13.2 Å². The van der Waals surface area contributed by atoms with Gasteiger partial charge in [0.15, 0.2) is 0 Å². The van der Waals surface area contributed by atoms with E-state index >= 15 is 0 Å². The molecule has 4 rings (SSSR count). The topological polar surface area (TPSA) is 79.7 Å². The first kappa shape index (κ1) is 21.7. The monoisotopic (exact) mass is 430 g/mol. The van der Waals surface area contributed by atoms with Gasteiger partial charge in [-0.3, -0.25) is 14.6 Å². The van der Waals surface area contributed by atoms with Gasteiger partial charge in [-0.05, 0) is 42.7 Å². The summed E-state index contributed by atoms with van der Waals surface area (Å²) in [6.45, 7) is 4.71. The smallest absolute Gasteiger partial charge is 0.295 e. The molecule has 164 valence electrons. The van der Waals surface area contributed by atoms with E-state index in [1.165, 1.54) is 4.90 Å². The van der Waals surface area contributed by atoms with Crippen LogP contribution in [0, 0.1) is 0 Å². The van der Waals surface area contributed by atoms with Gasteiger partial charge in [0.05, 0.1) is 17.7 Å². The first-order valence-corrected chi connectivity index (χ1v) is 10.8. The lowest BCUT2D eigenvalue weighted by atomic mass is 9.94. The van der Waals surface area contributed by atoms with Crippen LogP contribution in [-0.2, 0) is 14.3 Å². The second-order valence-electron chi connectivity index (χ2n) is 8.08. The molecule has 0 spiro atoms. The van der Waals surface area contributed by atoms with Gasteiger partial charge in [-0.1, -0.05) is 48.5 Å². The maximum Gasteiger partial charge on any atom is 0.295 e. The van der Waals surface area contributed by atoms with E-state index in [2.05, 4.69) is 4.98 Å². The molecule has 1 atom stereocenters. The fourth-order valence-corrected chi connectivity index (χ4v) is 4.13. The van der Waals surface area contributed by atoms with Crippen LogP contribution in [0.2, 0.25) is 0 Å². The quantitative estimate of drug-likeness (QED) is 0.259. The third kappa shape index (κ3) is 4.14. The maximum atomic E-state index is 13.1. The van der Waals surface area contributed by atoms with Crippen LogP contribution in [0.5, 0.6) is 0 Å². The van der Waals surface area contributed by atoms with Gasteiger partial charge in [0.2, 0.25) is 0 Å². The third-order valence-corrected chi connectivity index (χ3v) is 5.58. The number of benzene rings is 2. The third-order valence-electron chi connectivity index (χ3n) is 5.58. The summed E-state index contributed by atoms with van der Waals surface area (Å²) >= 11 is 0. The van der Waals surface area contributed by atoms with Crippen LogP contribution in [-0.4, -0.2) is 45.9 Å². The second-order valence-corrected chi connectivity index (χ2v) is 8.08. The summed E-state index contributed by atoms with van der Waals surface area (Å²) in [6, 6.07) is 16.0. The van der Waals surface area contributed by atoms with E-state index in [1.807, 2.05) is 56.3 Å². The minimum Gasteiger partial charge on any atom is -0.507 e. The van der Waals surface area contributed by atoms with Crippen LogP contribution in [0.15, 0.2) is 72.6 Å². The summed E-state index contributed by atoms with van der Waals surface area (Å²) in [5, 5.41) is 13.1. The van der Waals surface area contributed by atoms with E-state index in [9.17, 15) is 14.7 Å². The molecule has 2 heterocycles. The number of likely N-dealkylation sites (tertiary alicyclic amines) is 1. The summed E-state index contributed by atoms with van der Waals surface area (Å²) in [5.41, 5.74) is 1.29. The minimum atomic E-state index is -0.707. The molecule has 0 bridgehead atoms. The van der Waals surface area contributed by atoms with Crippen molar-refractivity contribution in [3.63, 3.8) is 0 Å². The van der Waals surface area contributed by atoms with Crippen molar-refractivity contribution in [1.82, 2.24) is 9.88 Å². The van der Waals surface area contributed by atoms with E-state index in [4.69, 9.17) is 4.74 Å². The van der Waals surface area contributed by atoms with Crippen LogP contribution < -0.4 is 0 Å². The van der Waals surface area contributed by atoms with Gasteiger partial charge in [-0.2, -0.15) is 0 Å². The average molecular weight is 431 g/mol. The van der Waals surface area contributed by atoms with E-state index in [-0.39, 0.29) is 17.4 Å². The highest BCUT2D eigenvalue weighted by molar-refractivity contribution is 6.46. The van der Waals surface area contributed by atoms with Crippen LogP contribution in [0.1, 0.15) is 37.4 Å². The molecule has 6 heteroatoms. The molecule has 1 aromatic heterocycles. The lowest BCUT2D eigenvalue weighted by molar-refractivity contribution is -0.140. The zero-order valence-corrected chi connectivity index (χ0v) is 18.2. The average Bonchev–Trinajstić information content (AvgIpc) is 3.06. The number of aromatic nitrogens is 1. The molecule has 6 nitrogen and oxygen atoms in total. The molecule has 1 aliphatic rings. The Labute approximate surface area is 187 Å². The number of amides is 1. The number of rotatable bonds is 7. The fourth-order valence-electron chi connectivity index (χ4n) is 4.13. The summed E-state index contributed by atoms with van der Waals surface area (Å²) < 4.78 is 5.60. The molecular weight excluding hydrogens is 404 g/mol. The number of aliphatic hydroxyl groups is 1. The minimum absolute atomic E-state index is 0.0872. The molecule has 1 aliphatic heterocycles. The molecule has 1 N–H and O–H groups in total. The molecule has 0 radical (unpaired) electrons. The second kappa shape index (κ2) is 9.32. The summed E-state index contributed by atoms with van der Waals surface area (Å²) in [6.07, 6.45) is 3.93. The number of carbonyl (C=O) groups is 2. The van der Waals surface area contributed by atoms with E-state index in [0.29, 0.717) is 30.7 Å². The highest BCUT2D eigenvalue weighted by atomic mass is 16.5. The summed E-state index contributed by atoms with van der Waals surface area (Å²) in [4.78, 5) is 31.8. The predicted molar refractivity (Wildman–Crippen MR) is 123 cm³/mol. The van der Waals surface area contributed by atoms with Crippen molar-refractivity contribution in [2.24, 2.45) is 0 Å². The Hall–Kier alpha value is -3.51. The van der Waals surface area contributed by atoms with Crippen LogP contribution in [0.25, 0.3) is 16.5 Å². The lowest BCUT2D eigenvalue weighted by Gasteiger charge is -2.25. The van der Waals surface area contributed by atoms with Crippen molar-refractivity contribution >= 4 is 28.2 Å². The Morgan fingerprint density at radius 3 is 2.62 bits per heavy atom. The first-order valence-electron chi connectivity index (χ1n) is 10.8. The molecule has 3 aromatic rings. The number of Topliss-reactive ketones (excluding diaryl/α,β-unsaturated/α-hetero) is 1. The van der Waals surface area contributed by atoms with Gasteiger partial charge in [0.25, 0.3) is 11.7 Å². The zero-order valence-electron chi connectivity index (χ0n) is 18.2. The summed E-state index contributed by atoms with van der Waals surface area (Å²) in [5.74, 6) is -1.48. The fraction of sp³-hybridized carbons (Fsp3) is 0.269. The molecule has 0 aliphatic carbocycles. The van der Waals surface area contributed by atoms with Crippen LogP contribution in [0.4, 0.5) is 0 Å². The molecule has 1 unspecified atom stereocenters. The van der Waals surface area contributed by atoms with Gasteiger partial charge in [0, 0.05) is 31.1 Å². The zero-order chi connectivity index (χ0) is 22.7. The van der Waals surface area contributed by atoms with Crippen molar-refractivity contribution < 1.29 is 19.4 Å². The van der Waals surface area contributed by atoms with E-state index in [0.717, 1.165) is 10.8 Å². The standard InChI is InChI=1S/C26H26N2O4/c1-17(2)32-15-7-14-28-23(19-10-6-13-27-16-19)22(25(30)26(28)31)24(29)21-12-5-9-18-8-3-4-11-20(18)21/h3-6,8-13,16-17,23,29H,7,14-15H2,1-2H3/b24-22-. The number of ether oxygens (including phenoxy) is 1. The van der Waals surface area contributed by atoms with Crippen molar-refractivity contribution in [3.8, 4) is 0 Å². The number of nitrogens with zero attached hydrogens (tertiary/aromatic N) is 2. The molecule has 32 heavy (non-hydrogen) atoms. The Balaban J connectivity index is 1.80. The van der Waals surface area contributed by atoms with Gasteiger partial charge in [0.1, 0.15) is 5.76 Å². The molecule has 2 aromatic carbocycles. The summed E-state index contributed by atoms with van der Waals surface area (Å²) in [7, 11) is 0. The van der Waals surface area contributed by atoms with Gasteiger partial charge < -0.3 is 14.7 Å². The number of aliphatic hydroxyl groups excluding tert-OH is 1. The Morgan fingerprint density at radius 2 is 1.88 bits per heavy atom. The molecule has 1 amide bonds. The number of hydrogen-bond donors (Lipinski definition) is 1. The highest BCUT2D eigenvalue weighted by Crippen LogP contribution is 2.40. The Kier molecular flexibility index (Phi) is 6.32. The number of ketones is 1. The number of hydrogen-bond acceptors (Lipinski definition) is 5. The number of pyridine rings is 1. The first-order chi connectivity index (χ1) is 15.5. The number of carbonyl (C=O) groups excluding carboxylic acids is 2. The van der Waals surface area contributed by atoms with Crippen molar-refractivity contribution in [1.29, 1.82) is 0 Å².